The van der Waals surface area contributed by atoms with Crippen molar-refractivity contribution in [2.24, 2.45) is 11.3 Å². The van der Waals surface area contributed by atoms with Crippen molar-refractivity contribution in [3.05, 3.63) is 111 Å². The summed E-state index contributed by atoms with van der Waals surface area (Å²) < 4.78 is 83.1. The number of hydrogen-bond donors (Lipinski definition) is 2. The largest absolute Gasteiger partial charge is 0.493 e. The molecule has 1 amide bonds. The van der Waals surface area contributed by atoms with Crippen LogP contribution in [0.1, 0.15) is 114 Å². The standard InChI is InChI=1S/C54H65F5N4O5S/c1-32-22-41-40-11-9-8-10-36(40)23-42(41)49(63(32)30-53(6,7)57)48-44(55)26-39(27-45(48)56)68-21-19-54(58,59)18-20-60-28-37(64)24-43(52(3,4)5)51(67)62-29-38(65)25-46(62)47(66)17-14-34-12-15-35(16-13-34)50-33(2)61-31-69-50/h8-13,15-16,26-27,31-32,38,43,46,49,60,65H,14,17-25,28-30H2,1-7H3/t32-,38-,43-,46+,49+/m1/s1. The zero-order valence-corrected chi connectivity index (χ0v) is 41.5. The molecule has 5 atom stereocenters. The molecule has 0 unspecified atom stereocenters. The molecular formula is C54H65F5N4O5S. The van der Waals surface area contributed by atoms with Crippen LogP contribution in [0, 0.1) is 29.9 Å². The number of carbonyl (C=O) groups is 3. The van der Waals surface area contributed by atoms with E-state index < -0.39 is 78.1 Å². The number of halogens is 5. The van der Waals surface area contributed by atoms with Crippen LogP contribution in [-0.4, -0.2) is 99.9 Å². The van der Waals surface area contributed by atoms with Crippen molar-refractivity contribution in [1.29, 1.82) is 0 Å². The summed E-state index contributed by atoms with van der Waals surface area (Å²) >= 11 is 1.56. The first-order chi connectivity index (χ1) is 32.5. The number of thiazole rings is 1. The summed E-state index contributed by atoms with van der Waals surface area (Å²) in [5, 5.41) is 13.4. The monoisotopic (exact) mass is 976 g/mol. The van der Waals surface area contributed by atoms with Gasteiger partial charge in [0.1, 0.15) is 28.8 Å². The fourth-order valence-electron chi connectivity index (χ4n) is 10.2. The molecule has 15 heteroatoms. The lowest BCUT2D eigenvalue weighted by Crippen LogP contribution is -2.47. The number of fused-ring (bicyclic) bond motifs is 2. The Balaban J connectivity index is 0.891. The Labute approximate surface area is 406 Å². The fourth-order valence-corrected chi connectivity index (χ4v) is 11.0. The molecule has 69 heavy (non-hydrogen) atoms. The molecule has 3 heterocycles. The molecule has 1 fully saturated rings. The molecule has 0 spiro atoms. The van der Waals surface area contributed by atoms with Crippen LogP contribution in [0.2, 0.25) is 0 Å². The summed E-state index contributed by atoms with van der Waals surface area (Å²) in [4.78, 5) is 49.5. The summed E-state index contributed by atoms with van der Waals surface area (Å²) in [6.45, 7) is 11.1. The molecule has 2 aliphatic heterocycles. The van der Waals surface area contributed by atoms with Gasteiger partial charge in [-0.2, -0.15) is 0 Å². The van der Waals surface area contributed by atoms with Gasteiger partial charge in [-0.1, -0.05) is 69.3 Å². The maximum absolute atomic E-state index is 16.1. The van der Waals surface area contributed by atoms with Crippen molar-refractivity contribution in [2.75, 3.05) is 32.8 Å². The number of carbonyl (C=O) groups excluding carboxylic acids is 3. The molecule has 1 saturated heterocycles. The SMILES string of the molecule is Cc1ncsc1-c1ccc(CCC(=O)[C@@H]2C[C@@H](O)CN2C(=O)[C@@H](CC(=O)CNCCC(F)(F)CCOc2cc(F)c([C@@H]3C4=C(C[C@@H](C)N3CC(C)(C)F)c3ccccc3C4)c(F)c2)C(C)(C)C)cc1. The van der Waals surface area contributed by atoms with Gasteiger partial charge in [-0.05, 0) is 85.8 Å². The number of likely N-dealkylation sites (tertiary alicyclic amines) is 1. The lowest BCUT2D eigenvalue weighted by molar-refractivity contribution is -0.145. The molecular weight excluding hydrogens is 912 g/mol. The lowest BCUT2D eigenvalue weighted by Gasteiger charge is -2.44. The fraction of sp³-hybridized carbons (Fsp3) is 0.519. The van der Waals surface area contributed by atoms with Crippen LogP contribution in [0.5, 0.6) is 5.75 Å². The average Bonchev–Trinajstić information content (AvgIpc) is 3.99. The Hall–Kier alpha value is -4.83. The maximum Gasteiger partial charge on any atom is 0.252 e. The molecule has 7 rings (SSSR count). The number of nitrogens with one attached hydrogen (secondary N) is 1. The maximum atomic E-state index is 16.1. The number of ketones is 2. The number of ether oxygens (including phenoxy) is 1. The third-order valence-corrected chi connectivity index (χ3v) is 14.8. The first kappa shape index (κ1) is 52.0. The quantitative estimate of drug-likeness (QED) is 0.0665. The van der Waals surface area contributed by atoms with E-state index in [0.717, 1.165) is 56.1 Å². The van der Waals surface area contributed by atoms with Crippen LogP contribution in [0.25, 0.3) is 16.0 Å². The molecule has 372 valence electrons. The number of aryl methyl sites for hydroxylation is 2. The lowest BCUT2D eigenvalue weighted by atomic mass is 9.76. The molecule has 1 aromatic heterocycles. The number of aromatic nitrogens is 1. The van der Waals surface area contributed by atoms with Gasteiger partial charge in [0.25, 0.3) is 5.92 Å². The number of amides is 1. The number of aliphatic hydroxyl groups is 1. The molecule has 0 saturated carbocycles. The van der Waals surface area contributed by atoms with Crippen molar-refractivity contribution in [2.45, 2.75) is 136 Å². The van der Waals surface area contributed by atoms with Gasteiger partial charge >= 0.3 is 0 Å². The van der Waals surface area contributed by atoms with Crippen molar-refractivity contribution in [1.82, 2.24) is 20.1 Å². The number of rotatable bonds is 20. The van der Waals surface area contributed by atoms with E-state index in [1.807, 2.05) is 88.0 Å². The first-order valence-corrected chi connectivity index (χ1v) is 24.8. The highest BCUT2D eigenvalue weighted by molar-refractivity contribution is 7.13. The van der Waals surface area contributed by atoms with E-state index in [1.54, 1.807) is 16.8 Å². The van der Waals surface area contributed by atoms with E-state index in [4.69, 9.17) is 4.74 Å². The molecule has 2 N–H and O–H groups in total. The van der Waals surface area contributed by atoms with Gasteiger partial charge < -0.3 is 20.1 Å². The van der Waals surface area contributed by atoms with Crippen LogP contribution < -0.4 is 10.1 Å². The Kier molecular flexibility index (Phi) is 16.0. The van der Waals surface area contributed by atoms with Gasteiger partial charge in [-0.3, -0.25) is 19.3 Å². The highest BCUT2D eigenvalue weighted by Crippen LogP contribution is 2.50. The predicted octanol–water partition coefficient (Wildman–Crippen LogP) is 10.5. The number of benzene rings is 3. The topological polar surface area (TPSA) is 112 Å². The van der Waals surface area contributed by atoms with Gasteiger partial charge in [0.15, 0.2) is 5.78 Å². The van der Waals surface area contributed by atoms with Crippen LogP contribution >= 0.6 is 11.3 Å². The summed E-state index contributed by atoms with van der Waals surface area (Å²) in [6.07, 6.45) is -0.689. The van der Waals surface area contributed by atoms with Crippen molar-refractivity contribution < 1.29 is 46.2 Å². The van der Waals surface area contributed by atoms with Gasteiger partial charge in [-0.15, -0.1) is 11.3 Å². The van der Waals surface area contributed by atoms with Gasteiger partial charge in [0.2, 0.25) is 5.91 Å². The van der Waals surface area contributed by atoms with Crippen molar-refractivity contribution >= 4 is 34.4 Å². The van der Waals surface area contributed by atoms with E-state index in [9.17, 15) is 19.5 Å². The Morgan fingerprint density at radius 1 is 0.986 bits per heavy atom. The minimum Gasteiger partial charge on any atom is -0.493 e. The molecule has 3 aliphatic rings. The van der Waals surface area contributed by atoms with Crippen LogP contribution in [0.3, 0.4) is 0 Å². The van der Waals surface area contributed by atoms with E-state index in [2.05, 4.69) is 10.3 Å². The third kappa shape index (κ3) is 12.6. The summed E-state index contributed by atoms with van der Waals surface area (Å²) in [6, 6.07) is 15.8. The Bertz CT molecular complexity index is 2510. The number of Topliss-reactive ketones (excluding diaryl/α,β-unsaturated/α-hetero) is 2. The Morgan fingerprint density at radius 2 is 1.68 bits per heavy atom. The van der Waals surface area contributed by atoms with E-state index in [0.29, 0.717) is 19.3 Å². The molecule has 0 bridgehead atoms. The molecule has 4 aromatic rings. The summed E-state index contributed by atoms with van der Waals surface area (Å²) in [7, 11) is 0. The zero-order chi connectivity index (χ0) is 50.0. The van der Waals surface area contributed by atoms with Gasteiger partial charge in [0.05, 0.1) is 47.4 Å². The third-order valence-electron chi connectivity index (χ3n) is 13.8. The highest BCUT2D eigenvalue weighted by atomic mass is 32.1. The second-order valence-electron chi connectivity index (χ2n) is 20.9. The van der Waals surface area contributed by atoms with E-state index in [1.165, 1.54) is 18.7 Å². The van der Waals surface area contributed by atoms with Crippen molar-refractivity contribution in [3.63, 3.8) is 0 Å². The molecule has 0 radical (unpaired) electrons. The van der Waals surface area contributed by atoms with Crippen molar-refractivity contribution in [3.8, 4) is 16.2 Å². The second kappa shape index (κ2) is 21.3. The number of hydrogen-bond acceptors (Lipinski definition) is 9. The molecule has 3 aromatic carbocycles. The van der Waals surface area contributed by atoms with Gasteiger partial charge in [0, 0.05) is 81.4 Å². The van der Waals surface area contributed by atoms with Gasteiger partial charge in [-0.25, -0.2) is 26.9 Å². The summed E-state index contributed by atoms with van der Waals surface area (Å²) in [5.74, 6) is -7.10. The number of alkyl halides is 3. The zero-order valence-electron chi connectivity index (χ0n) is 40.6. The van der Waals surface area contributed by atoms with Crippen LogP contribution in [0.15, 0.2) is 71.7 Å². The minimum absolute atomic E-state index is 0.0290. The normalized spacial score (nSPS) is 20.3. The first-order valence-electron chi connectivity index (χ1n) is 24.0. The number of nitrogens with zero attached hydrogens (tertiary/aromatic N) is 3. The molecule has 9 nitrogen and oxygen atoms in total. The predicted molar refractivity (Wildman–Crippen MR) is 259 cm³/mol. The van der Waals surface area contributed by atoms with Crippen LogP contribution in [0.4, 0.5) is 22.0 Å². The average molecular weight is 977 g/mol. The second-order valence-corrected chi connectivity index (χ2v) is 21.7. The molecule has 1 aliphatic carbocycles. The minimum atomic E-state index is -3.25. The van der Waals surface area contributed by atoms with Crippen LogP contribution in [-0.2, 0) is 27.2 Å². The number of β-amino-alcohol motifs (C(OH)–C–C–N with tert-alkyl or cyclic N) is 1. The smallest absolute Gasteiger partial charge is 0.252 e. The Morgan fingerprint density at radius 3 is 2.33 bits per heavy atom. The van der Waals surface area contributed by atoms with E-state index >= 15 is 22.0 Å². The highest BCUT2D eigenvalue weighted by Gasteiger charge is 2.45. The number of aliphatic hydroxyl groups excluding tert-OH is 1. The van der Waals surface area contributed by atoms with E-state index in [-0.39, 0.29) is 74.4 Å². The summed E-state index contributed by atoms with van der Waals surface area (Å²) in [5.41, 5.74) is 6.08.